The van der Waals surface area contributed by atoms with Crippen molar-refractivity contribution in [2.24, 2.45) is 0 Å². The Balaban J connectivity index is 1.44. The van der Waals surface area contributed by atoms with Gasteiger partial charge in [-0.3, -0.25) is 9.78 Å². The fourth-order valence-electron chi connectivity index (χ4n) is 4.07. The van der Waals surface area contributed by atoms with Crippen molar-refractivity contribution in [3.8, 4) is 0 Å². The average Bonchev–Trinajstić information content (AvgIpc) is 3.39. The molecule has 1 atom stereocenters. The number of nitrogens with one attached hydrogen (secondary N) is 1. The molecular weight excluding hydrogens is 304 g/mol. The van der Waals surface area contributed by atoms with E-state index in [1.54, 1.807) is 12.4 Å². The smallest absolute Gasteiger partial charge is 0.317 e. The van der Waals surface area contributed by atoms with Crippen LogP contribution in [-0.4, -0.2) is 58.4 Å². The highest BCUT2D eigenvalue weighted by Crippen LogP contribution is 2.44. The number of likely N-dealkylation sites (N-methyl/N-ethyl adjacent to an activating group) is 1. The quantitative estimate of drug-likeness (QED) is 0.899. The Hall–Kier alpha value is -2.11. The number of rotatable bonds is 2. The van der Waals surface area contributed by atoms with Crippen molar-refractivity contribution in [3.63, 3.8) is 0 Å². The standard InChI is InChI=1S/C18H24N4O2/c1-21-16(23)15(13-3-2-8-19-12-13)11-18(21)6-9-22(10-7-18)17(24)20-14-4-5-14/h2-3,8,12,14-15H,4-7,9-11H2,1H3,(H,20,24)/t15-/m0/s1. The van der Waals surface area contributed by atoms with E-state index in [1.165, 1.54) is 0 Å². The topological polar surface area (TPSA) is 65.5 Å². The molecule has 3 fully saturated rings. The van der Waals surface area contributed by atoms with E-state index < -0.39 is 0 Å². The molecule has 0 bridgehead atoms. The number of carbonyl (C=O) groups excluding carboxylic acids is 2. The van der Waals surface area contributed by atoms with Gasteiger partial charge in [-0.1, -0.05) is 6.07 Å². The molecule has 4 rings (SSSR count). The van der Waals surface area contributed by atoms with Crippen molar-refractivity contribution in [1.29, 1.82) is 0 Å². The van der Waals surface area contributed by atoms with Gasteiger partial charge in [0.25, 0.3) is 0 Å². The molecule has 0 radical (unpaired) electrons. The third-order valence-corrected chi connectivity index (χ3v) is 5.90. The zero-order chi connectivity index (χ0) is 16.7. The third-order valence-electron chi connectivity index (χ3n) is 5.90. The third kappa shape index (κ3) is 2.64. The Bertz CT molecular complexity index is 636. The van der Waals surface area contributed by atoms with Crippen molar-refractivity contribution in [2.75, 3.05) is 20.1 Å². The van der Waals surface area contributed by atoms with Crippen molar-refractivity contribution in [1.82, 2.24) is 20.1 Å². The number of piperidine rings is 1. The van der Waals surface area contributed by atoms with Gasteiger partial charge >= 0.3 is 6.03 Å². The molecule has 2 saturated heterocycles. The SMILES string of the molecule is CN1C(=O)[C@H](c2cccnc2)CC12CCN(C(=O)NC1CC1)CC2. The van der Waals surface area contributed by atoms with Crippen LogP contribution in [-0.2, 0) is 4.79 Å². The highest BCUT2D eigenvalue weighted by Gasteiger charge is 2.51. The van der Waals surface area contributed by atoms with E-state index in [1.807, 2.05) is 29.0 Å². The van der Waals surface area contributed by atoms with E-state index in [2.05, 4.69) is 10.3 Å². The first-order valence-corrected chi connectivity index (χ1v) is 8.82. The number of nitrogens with zero attached hydrogens (tertiary/aromatic N) is 3. The van der Waals surface area contributed by atoms with Crippen LogP contribution in [0.4, 0.5) is 4.79 Å². The molecule has 1 aromatic heterocycles. The minimum atomic E-state index is -0.117. The molecular formula is C18H24N4O2. The normalized spacial score (nSPS) is 26.0. The van der Waals surface area contributed by atoms with Crippen LogP contribution in [0.25, 0.3) is 0 Å². The highest BCUT2D eigenvalue weighted by atomic mass is 16.2. The van der Waals surface area contributed by atoms with Gasteiger partial charge in [-0.25, -0.2) is 4.79 Å². The summed E-state index contributed by atoms with van der Waals surface area (Å²) in [5.41, 5.74) is 0.883. The van der Waals surface area contributed by atoms with Crippen LogP contribution >= 0.6 is 0 Å². The first-order chi connectivity index (χ1) is 11.6. The van der Waals surface area contributed by atoms with Gasteiger partial charge in [-0.15, -0.1) is 0 Å². The van der Waals surface area contributed by atoms with E-state index in [4.69, 9.17) is 0 Å². The average molecular weight is 328 g/mol. The predicted molar refractivity (Wildman–Crippen MR) is 89.5 cm³/mol. The second kappa shape index (κ2) is 5.76. The van der Waals surface area contributed by atoms with Crippen molar-refractivity contribution in [3.05, 3.63) is 30.1 Å². The molecule has 1 spiro atoms. The number of pyridine rings is 1. The number of carbonyl (C=O) groups is 2. The molecule has 128 valence electrons. The lowest BCUT2D eigenvalue weighted by Crippen LogP contribution is -2.54. The van der Waals surface area contributed by atoms with E-state index in [-0.39, 0.29) is 23.4 Å². The lowest BCUT2D eigenvalue weighted by atomic mass is 9.81. The number of amides is 3. The summed E-state index contributed by atoms with van der Waals surface area (Å²) >= 11 is 0. The highest BCUT2D eigenvalue weighted by molar-refractivity contribution is 5.87. The Morgan fingerprint density at radius 2 is 2.08 bits per heavy atom. The number of aromatic nitrogens is 1. The van der Waals surface area contributed by atoms with Crippen LogP contribution in [0.5, 0.6) is 0 Å². The summed E-state index contributed by atoms with van der Waals surface area (Å²) in [5, 5.41) is 3.06. The van der Waals surface area contributed by atoms with E-state index in [0.29, 0.717) is 6.04 Å². The lowest BCUT2D eigenvalue weighted by Gasteiger charge is -2.43. The first-order valence-electron chi connectivity index (χ1n) is 8.82. The van der Waals surface area contributed by atoms with Gasteiger partial charge in [0, 0.05) is 44.1 Å². The van der Waals surface area contributed by atoms with Crippen LogP contribution < -0.4 is 5.32 Å². The largest absolute Gasteiger partial charge is 0.339 e. The summed E-state index contributed by atoms with van der Waals surface area (Å²) in [6, 6.07) is 4.32. The number of hydrogen-bond acceptors (Lipinski definition) is 3. The molecule has 6 nitrogen and oxygen atoms in total. The van der Waals surface area contributed by atoms with Gasteiger partial charge < -0.3 is 15.1 Å². The maximum absolute atomic E-state index is 12.8. The molecule has 1 saturated carbocycles. The summed E-state index contributed by atoms with van der Waals surface area (Å²) in [6.07, 6.45) is 8.27. The van der Waals surface area contributed by atoms with Crippen molar-refractivity contribution < 1.29 is 9.59 Å². The summed E-state index contributed by atoms with van der Waals surface area (Å²) in [7, 11) is 1.92. The maximum Gasteiger partial charge on any atom is 0.317 e. The Labute approximate surface area is 142 Å². The Morgan fingerprint density at radius 1 is 1.33 bits per heavy atom. The Morgan fingerprint density at radius 3 is 2.71 bits per heavy atom. The number of hydrogen-bond donors (Lipinski definition) is 1. The molecule has 1 aromatic rings. The molecule has 1 aliphatic carbocycles. The summed E-state index contributed by atoms with van der Waals surface area (Å²) in [4.78, 5) is 33.0. The zero-order valence-electron chi connectivity index (χ0n) is 14.1. The second-order valence-corrected chi connectivity index (χ2v) is 7.38. The van der Waals surface area contributed by atoms with E-state index in [9.17, 15) is 9.59 Å². The van der Waals surface area contributed by atoms with Crippen LogP contribution in [0.15, 0.2) is 24.5 Å². The second-order valence-electron chi connectivity index (χ2n) is 7.38. The molecule has 24 heavy (non-hydrogen) atoms. The van der Waals surface area contributed by atoms with Crippen LogP contribution in [0.3, 0.4) is 0 Å². The molecule has 0 unspecified atom stereocenters. The van der Waals surface area contributed by atoms with Gasteiger partial charge in [0.15, 0.2) is 0 Å². The van der Waals surface area contributed by atoms with Gasteiger partial charge in [-0.2, -0.15) is 0 Å². The molecule has 6 heteroatoms. The van der Waals surface area contributed by atoms with Crippen molar-refractivity contribution in [2.45, 2.75) is 49.6 Å². The Kier molecular flexibility index (Phi) is 3.70. The molecule has 1 N–H and O–H groups in total. The lowest BCUT2D eigenvalue weighted by molar-refractivity contribution is -0.131. The number of likely N-dealkylation sites (tertiary alicyclic amines) is 2. The molecule has 3 amide bonds. The van der Waals surface area contributed by atoms with E-state index >= 15 is 0 Å². The minimum absolute atomic E-state index is 0.0585. The minimum Gasteiger partial charge on any atom is -0.339 e. The summed E-state index contributed by atoms with van der Waals surface area (Å²) in [5.74, 6) is 0.0782. The van der Waals surface area contributed by atoms with Gasteiger partial charge in [0.05, 0.1) is 5.92 Å². The molecule has 2 aliphatic heterocycles. The van der Waals surface area contributed by atoms with Crippen LogP contribution in [0, 0.1) is 0 Å². The molecule has 0 aromatic carbocycles. The molecule has 3 aliphatic rings. The van der Waals surface area contributed by atoms with E-state index in [0.717, 1.165) is 50.8 Å². The monoisotopic (exact) mass is 328 g/mol. The molecule has 3 heterocycles. The predicted octanol–water partition coefficient (Wildman–Crippen LogP) is 1.73. The summed E-state index contributed by atoms with van der Waals surface area (Å²) in [6.45, 7) is 1.44. The maximum atomic E-state index is 12.8. The zero-order valence-corrected chi connectivity index (χ0v) is 14.1. The number of urea groups is 1. The van der Waals surface area contributed by atoms with Gasteiger partial charge in [-0.05, 0) is 43.7 Å². The van der Waals surface area contributed by atoms with Crippen LogP contribution in [0.2, 0.25) is 0 Å². The van der Waals surface area contributed by atoms with Gasteiger partial charge in [0.2, 0.25) is 5.91 Å². The summed E-state index contributed by atoms with van der Waals surface area (Å²) < 4.78 is 0. The van der Waals surface area contributed by atoms with Crippen molar-refractivity contribution >= 4 is 11.9 Å². The van der Waals surface area contributed by atoms with Crippen LogP contribution in [0.1, 0.15) is 43.6 Å². The fraction of sp³-hybridized carbons (Fsp3) is 0.611. The van der Waals surface area contributed by atoms with Gasteiger partial charge in [0.1, 0.15) is 0 Å². The fourth-order valence-corrected chi connectivity index (χ4v) is 4.07. The first kappa shape index (κ1) is 15.4.